The monoisotopic (exact) mass is 338 g/mol. The molecular formula is C19H30O5. The second-order valence-corrected chi connectivity index (χ2v) is 9.21. The molecule has 136 valence electrons. The number of cyclic esters (lactones) is 1. The first-order chi connectivity index (χ1) is 11.0. The molecule has 0 radical (unpaired) electrons. The summed E-state index contributed by atoms with van der Waals surface area (Å²) in [6.07, 6.45) is 1.98. The van der Waals surface area contributed by atoms with Gasteiger partial charge in [0.15, 0.2) is 0 Å². The van der Waals surface area contributed by atoms with E-state index >= 15 is 0 Å². The van der Waals surface area contributed by atoms with Gasteiger partial charge in [-0.15, -0.1) is 0 Å². The second-order valence-electron chi connectivity index (χ2n) is 9.21. The van der Waals surface area contributed by atoms with Gasteiger partial charge in [0.1, 0.15) is 5.60 Å². The minimum Gasteiger partial charge on any atom is -0.481 e. The predicted molar refractivity (Wildman–Crippen MR) is 88.4 cm³/mol. The van der Waals surface area contributed by atoms with Crippen LogP contribution in [-0.4, -0.2) is 34.4 Å². The molecule has 0 saturated carbocycles. The Morgan fingerprint density at radius 2 is 1.88 bits per heavy atom. The molecule has 24 heavy (non-hydrogen) atoms. The van der Waals surface area contributed by atoms with E-state index in [0.29, 0.717) is 6.42 Å². The van der Waals surface area contributed by atoms with E-state index in [1.54, 1.807) is 13.8 Å². The van der Waals surface area contributed by atoms with Gasteiger partial charge < -0.3 is 14.6 Å². The number of carboxylic acid groups (broad SMARTS) is 1. The lowest BCUT2D eigenvalue weighted by Crippen LogP contribution is -2.51. The van der Waals surface area contributed by atoms with Crippen molar-refractivity contribution < 1.29 is 24.2 Å². The maximum Gasteiger partial charge on any atom is 0.313 e. The first-order valence-corrected chi connectivity index (χ1v) is 9.12. The zero-order chi connectivity index (χ0) is 18.1. The predicted octanol–water partition coefficient (Wildman–Crippen LogP) is 3.26. The molecule has 0 aromatic heterocycles. The standard InChI is InChI=1S/C19H30O5/c1-10(2)19(11(3)4)13-12-7-8-18(23-12,14(13)15(20)24-19)9-17(5,6)16(21)22/h10-14H,7-9H2,1-6H3,(H,21,22)/t12-,13-,14+,18-/m1/s1. The molecule has 5 nitrogen and oxygen atoms in total. The molecule has 1 N–H and O–H groups in total. The zero-order valence-electron chi connectivity index (χ0n) is 15.6. The SMILES string of the molecule is CC(C)C1(C(C)C)OC(=O)[C@@H]2[C@H]1[C@H]1CC[C@]2(CC(C)(C)C(=O)O)O1. The van der Waals surface area contributed by atoms with Crippen LogP contribution in [0.2, 0.25) is 0 Å². The first kappa shape index (κ1) is 17.7. The molecule has 3 heterocycles. The molecule has 0 spiro atoms. The Labute approximate surface area is 144 Å². The summed E-state index contributed by atoms with van der Waals surface area (Å²) in [4.78, 5) is 24.5. The quantitative estimate of drug-likeness (QED) is 0.779. The van der Waals surface area contributed by atoms with Crippen molar-refractivity contribution in [3.63, 3.8) is 0 Å². The van der Waals surface area contributed by atoms with Crippen LogP contribution in [0.4, 0.5) is 0 Å². The van der Waals surface area contributed by atoms with Gasteiger partial charge in [-0.2, -0.15) is 0 Å². The van der Waals surface area contributed by atoms with E-state index in [-0.39, 0.29) is 35.7 Å². The molecule has 0 aromatic rings. The largest absolute Gasteiger partial charge is 0.481 e. The Kier molecular flexibility index (Phi) is 3.84. The van der Waals surface area contributed by atoms with E-state index < -0.39 is 22.6 Å². The molecule has 0 aliphatic carbocycles. The average Bonchev–Trinajstić information content (AvgIpc) is 3.07. The van der Waals surface area contributed by atoms with Crippen molar-refractivity contribution >= 4 is 11.9 Å². The Morgan fingerprint density at radius 3 is 2.38 bits per heavy atom. The average molecular weight is 338 g/mol. The third-order valence-corrected chi connectivity index (χ3v) is 6.74. The topological polar surface area (TPSA) is 72.8 Å². The van der Waals surface area contributed by atoms with Crippen LogP contribution in [0, 0.1) is 29.1 Å². The van der Waals surface area contributed by atoms with Crippen LogP contribution < -0.4 is 0 Å². The number of ether oxygens (including phenoxy) is 2. The van der Waals surface area contributed by atoms with Crippen molar-refractivity contribution in [3.8, 4) is 0 Å². The number of esters is 1. The normalized spacial score (nSPS) is 37.2. The highest BCUT2D eigenvalue weighted by Crippen LogP contribution is 2.64. The molecule has 0 amide bonds. The Balaban J connectivity index is 2.02. The lowest BCUT2D eigenvalue weighted by molar-refractivity contribution is -0.173. The molecular weight excluding hydrogens is 308 g/mol. The van der Waals surface area contributed by atoms with Crippen molar-refractivity contribution in [2.24, 2.45) is 29.1 Å². The number of carbonyl (C=O) groups excluding carboxylic acids is 1. The number of hydrogen-bond donors (Lipinski definition) is 1. The Morgan fingerprint density at radius 1 is 1.29 bits per heavy atom. The zero-order valence-corrected chi connectivity index (χ0v) is 15.6. The van der Waals surface area contributed by atoms with Gasteiger partial charge >= 0.3 is 11.9 Å². The van der Waals surface area contributed by atoms with Crippen LogP contribution in [-0.2, 0) is 19.1 Å². The van der Waals surface area contributed by atoms with Crippen LogP contribution in [0.3, 0.4) is 0 Å². The summed E-state index contributed by atoms with van der Waals surface area (Å²) in [6.45, 7) is 11.9. The van der Waals surface area contributed by atoms with Crippen molar-refractivity contribution in [1.29, 1.82) is 0 Å². The highest BCUT2D eigenvalue weighted by molar-refractivity contribution is 5.80. The van der Waals surface area contributed by atoms with Crippen molar-refractivity contribution in [2.75, 3.05) is 0 Å². The fraction of sp³-hybridized carbons (Fsp3) is 0.895. The smallest absolute Gasteiger partial charge is 0.313 e. The number of fused-ring (bicyclic) bond motifs is 5. The van der Waals surface area contributed by atoms with Gasteiger partial charge in [-0.1, -0.05) is 27.7 Å². The van der Waals surface area contributed by atoms with Crippen LogP contribution in [0.1, 0.15) is 60.8 Å². The number of aliphatic carboxylic acids is 1. The number of carboxylic acids is 1. The van der Waals surface area contributed by atoms with Crippen molar-refractivity contribution in [3.05, 3.63) is 0 Å². The molecule has 0 unspecified atom stereocenters. The molecule has 3 rings (SSSR count). The summed E-state index contributed by atoms with van der Waals surface area (Å²) >= 11 is 0. The van der Waals surface area contributed by atoms with Gasteiger partial charge in [0.05, 0.1) is 23.0 Å². The fourth-order valence-electron chi connectivity index (χ4n) is 5.78. The first-order valence-electron chi connectivity index (χ1n) is 9.12. The molecule has 5 heteroatoms. The fourth-order valence-corrected chi connectivity index (χ4v) is 5.78. The molecule has 0 aromatic carbocycles. The summed E-state index contributed by atoms with van der Waals surface area (Å²) in [5.74, 6) is -0.945. The second kappa shape index (κ2) is 5.20. The maximum atomic E-state index is 12.9. The maximum absolute atomic E-state index is 12.9. The molecule has 3 saturated heterocycles. The van der Waals surface area contributed by atoms with E-state index in [9.17, 15) is 14.7 Å². The van der Waals surface area contributed by atoms with Crippen LogP contribution in [0.25, 0.3) is 0 Å². The van der Waals surface area contributed by atoms with Crippen molar-refractivity contribution in [2.45, 2.75) is 78.1 Å². The van der Waals surface area contributed by atoms with Gasteiger partial charge in [-0.05, 0) is 44.9 Å². The third-order valence-electron chi connectivity index (χ3n) is 6.74. The third kappa shape index (κ3) is 2.09. The van der Waals surface area contributed by atoms with E-state index in [1.165, 1.54) is 0 Å². The number of hydrogen-bond acceptors (Lipinski definition) is 4. The van der Waals surface area contributed by atoms with E-state index in [4.69, 9.17) is 9.47 Å². The summed E-state index contributed by atoms with van der Waals surface area (Å²) in [5, 5.41) is 9.54. The van der Waals surface area contributed by atoms with Crippen LogP contribution >= 0.6 is 0 Å². The molecule has 3 aliphatic rings. The molecule has 2 bridgehead atoms. The number of carbonyl (C=O) groups is 2. The molecule has 3 fully saturated rings. The van der Waals surface area contributed by atoms with Crippen LogP contribution in [0.15, 0.2) is 0 Å². The summed E-state index contributed by atoms with van der Waals surface area (Å²) < 4.78 is 12.4. The van der Waals surface area contributed by atoms with Gasteiger partial charge in [0.2, 0.25) is 0 Å². The minimum absolute atomic E-state index is 0.00385. The van der Waals surface area contributed by atoms with Gasteiger partial charge in [0.25, 0.3) is 0 Å². The number of rotatable bonds is 5. The Bertz CT molecular complexity index is 556. The van der Waals surface area contributed by atoms with E-state index in [2.05, 4.69) is 27.7 Å². The van der Waals surface area contributed by atoms with E-state index in [0.717, 1.165) is 12.8 Å². The lowest BCUT2D eigenvalue weighted by Gasteiger charge is -2.42. The lowest BCUT2D eigenvalue weighted by atomic mass is 9.59. The van der Waals surface area contributed by atoms with Crippen LogP contribution in [0.5, 0.6) is 0 Å². The van der Waals surface area contributed by atoms with E-state index in [1.807, 2.05) is 0 Å². The van der Waals surface area contributed by atoms with Gasteiger partial charge in [0, 0.05) is 5.92 Å². The minimum atomic E-state index is -0.926. The molecule has 3 aliphatic heterocycles. The summed E-state index contributed by atoms with van der Waals surface area (Å²) in [5.41, 5.74) is -2.12. The summed E-state index contributed by atoms with van der Waals surface area (Å²) in [7, 11) is 0. The summed E-state index contributed by atoms with van der Waals surface area (Å²) in [6, 6.07) is 0. The van der Waals surface area contributed by atoms with Gasteiger partial charge in [-0.25, -0.2) is 0 Å². The van der Waals surface area contributed by atoms with Crippen molar-refractivity contribution in [1.82, 2.24) is 0 Å². The van der Waals surface area contributed by atoms with Gasteiger partial charge in [-0.3, -0.25) is 9.59 Å². The highest BCUT2D eigenvalue weighted by atomic mass is 16.6. The molecule has 4 atom stereocenters. The Hall–Kier alpha value is -1.10. The highest BCUT2D eigenvalue weighted by Gasteiger charge is 2.74.